The SMILES string of the molecule is [2H]c1cccc(-c2c3ccccc3c(-c3cccc4c(-c5ccc6ccccc6c5)cccc34)c3c([2H])c([2H])c([2H])c([2H])c23)c1. The van der Waals surface area contributed by atoms with Gasteiger partial charge in [-0.2, -0.15) is 0 Å². The quantitative estimate of drug-likeness (QED) is 0.207. The Hall–Kier alpha value is -5.20. The highest BCUT2D eigenvalue weighted by atomic mass is 14.2. The Bertz CT molecular complexity index is 2500. The second-order valence-corrected chi connectivity index (χ2v) is 10.1. The number of fused-ring (bicyclic) bond motifs is 4. The van der Waals surface area contributed by atoms with Crippen molar-refractivity contribution in [2.45, 2.75) is 0 Å². The Balaban J connectivity index is 1.53. The molecule has 0 aliphatic heterocycles. The molecule has 8 aromatic rings. The van der Waals surface area contributed by atoms with Gasteiger partial charge in [0.15, 0.2) is 0 Å². The highest BCUT2D eigenvalue weighted by molar-refractivity contribution is 6.24. The molecule has 0 fully saturated rings. The van der Waals surface area contributed by atoms with E-state index in [9.17, 15) is 1.37 Å². The summed E-state index contributed by atoms with van der Waals surface area (Å²) in [4.78, 5) is 0. The summed E-state index contributed by atoms with van der Waals surface area (Å²) in [5.41, 5.74) is 5.35. The molecule has 0 saturated carbocycles. The summed E-state index contributed by atoms with van der Waals surface area (Å²) in [6.07, 6.45) is 0. The molecule has 0 spiro atoms. The van der Waals surface area contributed by atoms with E-state index < -0.39 is 0 Å². The summed E-state index contributed by atoms with van der Waals surface area (Å²) < 4.78 is 44.0. The van der Waals surface area contributed by atoms with E-state index >= 15 is 0 Å². The Labute approximate surface area is 240 Å². The van der Waals surface area contributed by atoms with E-state index in [4.69, 9.17) is 5.48 Å². The zero-order valence-electron chi connectivity index (χ0n) is 26.6. The molecular formula is C40H26. The van der Waals surface area contributed by atoms with Crippen molar-refractivity contribution in [3.05, 3.63) is 158 Å². The molecule has 8 rings (SSSR count). The maximum atomic E-state index is 9.23. The molecule has 186 valence electrons. The average molecular weight is 512 g/mol. The normalized spacial score (nSPS) is 13.2. The molecule has 0 atom stereocenters. The summed E-state index contributed by atoms with van der Waals surface area (Å²) in [6, 6.07) is 42.2. The van der Waals surface area contributed by atoms with Crippen LogP contribution >= 0.6 is 0 Å². The molecule has 0 unspecified atom stereocenters. The molecule has 0 saturated heterocycles. The monoisotopic (exact) mass is 511 g/mol. The molecule has 0 heteroatoms. The molecule has 0 nitrogen and oxygen atoms in total. The van der Waals surface area contributed by atoms with Gasteiger partial charge in [0.2, 0.25) is 0 Å². The predicted octanol–water partition coefficient (Wildman–Crippen LogP) is 11.3. The van der Waals surface area contributed by atoms with Gasteiger partial charge in [-0.1, -0.05) is 152 Å². The van der Waals surface area contributed by atoms with Crippen LogP contribution in [0.25, 0.3) is 76.5 Å². The molecule has 0 N–H and O–H groups in total. The number of hydrogen-bond acceptors (Lipinski definition) is 0. The number of benzene rings is 8. The lowest BCUT2D eigenvalue weighted by atomic mass is 9.84. The third-order valence-corrected chi connectivity index (χ3v) is 7.90. The van der Waals surface area contributed by atoms with Crippen LogP contribution in [0.4, 0.5) is 0 Å². The Kier molecular flexibility index (Phi) is 4.18. The molecule has 0 aromatic heterocycles. The fourth-order valence-corrected chi connectivity index (χ4v) is 6.14. The Morgan fingerprint density at radius 3 is 1.77 bits per heavy atom. The Morgan fingerprint density at radius 2 is 0.975 bits per heavy atom. The largest absolute Gasteiger partial charge is 0.0629 e. The summed E-state index contributed by atoms with van der Waals surface area (Å²) in [6.45, 7) is 0. The first-order valence-corrected chi connectivity index (χ1v) is 13.5. The van der Waals surface area contributed by atoms with Gasteiger partial charge in [0.1, 0.15) is 0 Å². The number of hydrogen-bond donors (Lipinski definition) is 0. The van der Waals surface area contributed by atoms with Crippen LogP contribution in [0.15, 0.2) is 158 Å². The first-order chi connectivity index (χ1) is 21.9. The third-order valence-electron chi connectivity index (χ3n) is 7.90. The van der Waals surface area contributed by atoms with Crippen LogP contribution < -0.4 is 0 Å². The van der Waals surface area contributed by atoms with Crippen LogP contribution in [0.5, 0.6) is 0 Å². The zero-order valence-corrected chi connectivity index (χ0v) is 21.6. The molecule has 8 aromatic carbocycles. The topological polar surface area (TPSA) is 0 Å². The standard InChI is InChI=1S/C40H26/c1-2-13-28(14-3-1)39-35-16-6-8-18-37(35)40(38-19-9-7-17-36(38)39)34-23-11-21-32-31(20-10-22-33(32)34)30-25-24-27-12-4-5-15-29(27)26-30/h1-26H/i2D,6D,8D,16D,18D. The summed E-state index contributed by atoms with van der Waals surface area (Å²) >= 11 is 0. The van der Waals surface area contributed by atoms with Crippen molar-refractivity contribution in [3.63, 3.8) is 0 Å². The van der Waals surface area contributed by atoms with Crippen molar-refractivity contribution in [1.29, 1.82) is 0 Å². The first kappa shape index (κ1) is 18.2. The van der Waals surface area contributed by atoms with Crippen molar-refractivity contribution in [3.8, 4) is 33.4 Å². The van der Waals surface area contributed by atoms with Crippen molar-refractivity contribution < 1.29 is 6.85 Å². The molecule has 0 bridgehead atoms. The predicted molar refractivity (Wildman–Crippen MR) is 173 cm³/mol. The van der Waals surface area contributed by atoms with Crippen molar-refractivity contribution >= 4 is 43.1 Å². The fourth-order valence-electron chi connectivity index (χ4n) is 6.14. The van der Waals surface area contributed by atoms with E-state index in [1.807, 2.05) is 48.5 Å². The van der Waals surface area contributed by atoms with E-state index in [-0.39, 0.29) is 24.2 Å². The third kappa shape index (κ3) is 3.54. The highest BCUT2D eigenvalue weighted by Gasteiger charge is 2.18. The molecule has 40 heavy (non-hydrogen) atoms. The van der Waals surface area contributed by atoms with E-state index in [0.29, 0.717) is 22.4 Å². The minimum Gasteiger partial charge on any atom is -0.0622 e. The van der Waals surface area contributed by atoms with Gasteiger partial charge in [-0.25, -0.2) is 0 Å². The van der Waals surface area contributed by atoms with Gasteiger partial charge in [0.25, 0.3) is 0 Å². The highest BCUT2D eigenvalue weighted by Crippen LogP contribution is 2.46. The van der Waals surface area contributed by atoms with Crippen molar-refractivity contribution in [2.24, 2.45) is 0 Å². The van der Waals surface area contributed by atoms with Gasteiger partial charge in [-0.15, -0.1) is 0 Å². The molecule has 0 aliphatic rings. The second kappa shape index (κ2) is 9.22. The minimum atomic E-state index is -0.270. The van der Waals surface area contributed by atoms with Crippen LogP contribution in [-0.4, -0.2) is 0 Å². The van der Waals surface area contributed by atoms with Gasteiger partial charge < -0.3 is 0 Å². The molecule has 0 heterocycles. The van der Waals surface area contributed by atoms with E-state index in [0.717, 1.165) is 49.4 Å². The summed E-state index contributed by atoms with van der Waals surface area (Å²) in [5, 5.41) is 7.13. The first-order valence-electron chi connectivity index (χ1n) is 16.0. The fraction of sp³-hybridized carbons (Fsp3) is 0. The van der Waals surface area contributed by atoms with Gasteiger partial charge in [-0.3, -0.25) is 0 Å². The molecule has 0 aliphatic carbocycles. The van der Waals surface area contributed by atoms with Gasteiger partial charge >= 0.3 is 0 Å². The van der Waals surface area contributed by atoms with E-state index in [1.54, 1.807) is 12.1 Å². The smallest absolute Gasteiger partial charge is 0.0622 e. The maximum Gasteiger partial charge on any atom is 0.0629 e. The molecular weight excluding hydrogens is 480 g/mol. The average Bonchev–Trinajstić information content (AvgIpc) is 3.08. The zero-order chi connectivity index (χ0) is 30.8. The van der Waals surface area contributed by atoms with Crippen LogP contribution in [0.1, 0.15) is 6.85 Å². The lowest BCUT2D eigenvalue weighted by Crippen LogP contribution is -1.92. The lowest BCUT2D eigenvalue weighted by molar-refractivity contribution is 1.65. The minimum absolute atomic E-state index is 0.0716. The summed E-state index contributed by atoms with van der Waals surface area (Å²) in [7, 11) is 0. The molecule has 0 amide bonds. The van der Waals surface area contributed by atoms with Crippen LogP contribution in [-0.2, 0) is 0 Å². The van der Waals surface area contributed by atoms with Crippen molar-refractivity contribution in [1.82, 2.24) is 0 Å². The van der Waals surface area contributed by atoms with Crippen LogP contribution in [0.2, 0.25) is 0 Å². The maximum absolute atomic E-state index is 9.23. The molecule has 0 radical (unpaired) electrons. The van der Waals surface area contributed by atoms with Crippen LogP contribution in [0, 0.1) is 0 Å². The van der Waals surface area contributed by atoms with E-state index in [2.05, 4.69) is 66.7 Å². The Morgan fingerprint density at radius 1 is 0.350 bits per heavy atom. The summed E-state index contributed by atoms with van der Waals surface area (Å²) in [5.74, 6) is 0. The van der Waals surface area contributed by atoms with E-state index in [1.165, 1.54) is 10.8 Å². The van der Waals surface area contributed by atoms with Crippen LogP contribution in [0.3, 0.4) is 0 Å². The van der Waals surface area contributed by atoms with Gasteiger partial charge in [0, 0.05) is 0 Å². The lowest BCUT2D eigenvalue weighted by Gasteiger charge is -2.19. The van der Waals surface area contributed by atoms with Gasteiger partial charge in [0.05, 0.1) is 6.85 Å². The van der Waals surface area contributed by atoms with Gasteiger partial charge in [-0.05, 0) is 82.5 Å². The second-order valence-electron chi connectivity index (χ2n) is 10.1. The van der Waals surface area contributed by atoms with Crippen molar-refractivity contribution in [2.75, 3.05) is 0 Å². The number of rotatable bonds is 3.